The molecule has 1 aromatic rings. The fraction of sp³-hybridized carbons (Fsp3) is 0.286. The number of amides is 2. The van der Waals surface area contributed by atoms with Gasteiger partial charge >= 0.3 is 12.0 Å². The number of halogens is 1. The molecule has 5 nitrogen and oxygen atoms in total. The predicted octanol–water partition coefficient (Wildman–Crippen LogP) is 2.28. The summed E-state index contributed by atoms with van der Waals surface area (Å²) in [5.74, 6) is -1.37. The Morgan fingerprint density at radius 2 is 2.15 bits per heavy atom. The van der Waals surface area contributed by atoms with Crippen LogP contribution in [0.4, 0.5) is 4.79 Å². The van der Waals surface area contributed by atoms with Gasteiger partial charge in [-0.15, -0.1) is 0 Å². The molecule has 3 N–H and O–H groups in total. The number of aliphatic carboxylic acids is 1. The number of hydrogen-bond acceptors (Lipinski definition) is 2. The van der Waals surface area contributed by atoms with Crippen LogP contribution in [0.5, 0.6) is 0 Å². The van der Waals surface area contributed by atoms with E-state index in [2.05, 4.69) is 26.6 Å². The first-order valence-corrected chi connectivity index (χ1v) is 7.04. The summed E-state index contributed by atoms with van der Waals surface area (Å²) in [4.78, 5) is 22.5. The number of carbonyl (C=O) groups is 2. The lowest BCUT2D eigenvalue weighted by Gasteiger charge is -2.13. The van der Waals surface area contributed by atoms with Crippen molar-refractivity contribution in [3.05, 3.63) is 46.5 Å². The molecule has 1 aromatic carbocycles. The molecule has 1 aliphatic carbocycles. The highest BCUT2D eigenvalue weighted by Crippen LogP contribution is 2.17. The smallest absolute Gasteiger partial charge is 0.315 e. The summed E-state index contributed by atoms with van der Waals surface area (Å²) in [6, 6.07) is 7.14. The summed E-state index contributed by atoms with van der Waals surface area (Å²) in [5, 5.41) is 14.3. The zero-order valence-corrected chi connectivity index (χ0v) is 12.3. The standard InChI is InChI=1S/C14H15BrN2O3/c15-11-3-1-2-9(6-11)8-16-14(20)17-12-5-4-10(7-12)13(18)19/h1-6,10,12H,7-8H2,(H,18,19)(H2,16,17,20). The molecular formula is C14H15BrN2O3. The van der Waals surface area contributed by atoms with Gasteiger partial charge in [0.15, 0.2) is 0 Å². The molecule has 0 saturated heterocycles. The van der Waals surface area contributed by atoms with Crippen molar-refractivity contribution < 1.29 is 14.7 Å². The highest BCUT2D eigenvalue weighted by atomic mass is 79.9. The molecule has 1 aliphatic rings. The van der Waals surface area contributed by atoms with Crippen molar-refractivity contribution in [1.29, 1.82) is 0 Å². The molecule has 2 unspecified atom stereocenters. The van der Waals surface area contributed by atoms with E-state index in [1.807, 2.05) is 24.3 Å². The maximum Gasteiger partial charge on any atom is 0.315 e. The monoisotopic (exact) mass is 338 g/mol. The topological polar surface area (TPSA) is 78.4 Å². The Labute approximate surface area is 125 Å². The largest absolute Gasteiger partial charge is 0.481 e. The number of hydrogen-bond donors (Lipinski definition) is 3. The zero-order valence-electron chi connectivity index (χ0n) is 10.7. The fourth-order valence-corrected chi connectivity index (χ4v) is 2.48. The van der Waals surface area contributed by atoms with Crippen LogP contribution in [0.25, 0.3) is 0 Å². The lowest BCUT2D eigenvalue weighted by Crippen LogP contribution is -2.40. The first-order chi connectivity index (χ1) is 9.54. The Bertz CT molecular complexity index is 545. The molecule has 0 fully saturated rings. The summed E-state index contributed by atoms with van der Waals surface area (Å²) in [5.41, 5.74) is 0.986. The molecule has 20 heavy (non-hydrogen) atoms. The molecule has 0 bridgehead atoms. The quantitative estimate of drug-likeness (QED) is 0.737. The second-order valence-corrected chi connectivity index (χ2v) is 5.54. The first-order valence-electron chi connectivity index (χ1n) is 6.24. The van der Waals surface area contributed by atoms with Crippen LogP contribution in [0.15, 0.2) is 40.9 Å². The van der Waals surface area contributed by atoms with E-state index >= 15 is 0 Å². The highest BCUT2D eigenvalue weighted by molar-refractivity contribution is 9.10. The maximum absolute atomic E-state index is 11.7. The zero-order chi connectivity index (χ0) is 14.5. The summed E-state index contributed by atoms with van der Waals surface area (Å²) in [6.45, 7) is 0.421. The van der Waals surface area contributed by atoms with Crippen molar-refractivity contribution in [2.75, 3.05) is 0 Å². The van der Waals surface area contributed by atoms with Gasteiger partial charge in [-0.05, 0) is 24.1 Å². The molecule has 0 spiro atoms. The third kappa shape index (κ3) is 4.09. The van der Waals surface area contributed by atoms with Crippen LogP contribution < -0.4 is 10.6 Å². The van der Waals surface area contributed by atoms with E-state index in [0.29, 0.717) is 13.0 Å². The van der Waals surface area contributed by atoms with Crippen molar-refractivity contribution in [2.45, 2.75) is 19.0 Å². The molecule has 0 aromatic heterocycles. The molecule has 0 aliphatic heterocycles. The third-order valence-corrected chi connectivity index (χ3v) is 3.55. The number of carbonyl (C=O) groups excluding carboxylic acids is 1. The van der Waals surface area contributed by atoms with Crippen molar-refractivity contribution in [3.8, 4) is 0 Å². The van der Waals surface area contributed by atoms with E-state index in [-0.39, 0.29) is 12.1 Å². The van der Waals surface area contributed by atoms with Crippen molar-refractivity contribution in [1.82, 2.24) is 10.6 Å². The Kier molecular flexibility index (Phi) is 4.79. The lowest BCUT2D eigenvalue weighted by atomic mass is 10.1. The number of carboxylic acids is 1. The minimum absolute atomic E-state index is 0.224. The van der Waals surface area contributed by atoms with Gasteiger partial charge in [-0.3, -0.25) is 4.79 Å². The predicted molar refractivity (Wildman–Crippen MR) is 78.2 cm³/mol. The summed E-state index contributed by atoms with van der Waals surface area (Å²) >= 11 is 3.37. The van der Waals surface area contributed by atoms with E-state index in [4.69, 9.17) is 5.11 Å². The average Bonchev–Trinajstić information content (AvgIpc) is 2.85. The Morgan fingerprint density at radius 1 is 1.35 bits per heavy atom. The Hall–Kier alpha value is -1.82. The van der Waals surface area contributed by atoms with Gasteiger partial charge in [0, 0.05) is 11.0 Å². The van der Waals surface area contributed by atoms with Gasteiger partial charge in [-0.25, -0.2) is 4.79 Å². The molecule has 106 valence electrons. The SMILES string of the molecule is O=C(NCc1cccc(Br)c1)NC1C=CC(C(=O)O)C1. The highest BCUT2D eigenvalue weighted by Gasteiger charge is 2.25. The molecule has 6 heteroatoms. The van der Waals surface area contributed by atoms with Gasteiger partial charge in [0.25, 0.3) is 0 Å². The van der Waals surface area contributed by atoms with Crippen LogP contribution in [-0.2, 0) is 11.3 Å². The van der Waals surface area contributed by atoms with E-state index in [1.165, 1.54) is 0 Å². The first kappa shape index (κ1) is 14.6. The van der Waals surface area contributed by atoms with Crippen molar-refractivity contribution in [2.24, 2.45) is 5.92 Å². The molecule has 2 rings (SSSR count). The fourth-order valence-electron chi connectivity index (χ4n) is 2.04. The van der Waals surface area contributed by atoms with Crippen molar-refractivity contribution >= 4 is 27.9 Å². The molecular weight excluding hydrogens is 324 g/mol. The summed E-state index contributed by atoms with van der Waals surface area (Å²) in [6.07, 6.45) is 3.73. The molecule has 0 heterocycles. The second kappa shape index (κ2) is 6.56. The normalized spacial score (nSPS) is 20.6. The minimum atomic E-state index is -0.861. The second-order valence-electron chi connectivity index (χ2n) is 4.63. The summed E-state index contributed by atoms with van der Waals surface area (Å²) in [7, 11) is 0. The molecule has 2 amide bonds. The van der Waals surface area contributed by atoms with Gasteiger partial charge in [-0.2, -0.15) is 0 Å². The van der Waals surface area contributed by atoms with Crippen LogP contribution in [0, 0.1) is 5.92 Å². The van der Waals surface area contributed by atoms with Crippen LogP contribution in [0.2, 0.25) is 0 Å². The third-order valence-electron chi connectivity index (χ3n) is 3.06. The van der Waals surface area contributed by atoms with Crippen LogP contribution >= 0.6 is 15.9 Å². The van der Waals surface area contributed by atoms with Gasteiger partial charge in [0.2, 0.25) is 0 Å². The minimum Gasteiger partial charge on any atom is -0.481 e. The molecule has 0 radical (unpaired) electrons. The van der Waals surface area contributed by atoms with Gasteiger partial charge in [0.05, 0.1) is 12.0 Å². The van der Waals surface area contributed by atoms with E-state index in [9.17, 15) is 9.59 Å². The van der Waals surface area contributed by atoms with E-state index in [1.54, 1.807) is 12.2 Å². The number of urea groups is 1. The van der Waals surface area contributed by atoms with Crippen LogP contribution in [0.1, 0.15) is 12.0 Å². The number of benzene rings is 1. The van der Waals surface area contributed by atoms with E-state index in [0.717, 1.165) is 10.0 Å². The van der Waals surface area contributed by atoms with Crippen LogP contribution in [0.3, 0.4) is 0 Å². The van der Waals surface area contributed by atoms with E-state index < -0.39 is 11.9 Å². The average molecular weight is 339 g/mol. The van der Waals surface area contributed by atoms with Gasteiger partial charge in [0.1, 0.15) is 0 Å². The maximum atomic E-state index is 11.7. The Balaban J connectivity index is 1.77. The number of rotatable bonds is 4. The molecule has 2 atom stereocenters. The number of nitrogens with one attached hydrogen (secondary N) is 2. The summed E-state index contributed by atoms with van der Waals surface area (Å²) < 4.78 is 0.959. The van der Waals surface area contributed by atoms with Gasteiger partial charge < -0.3 is 15.7 Å². The van der Waals surface area contributed by atoms with Crippen LogP contribution in [-0.4, -0.2) is 23.1 Å². The van der Waals surface area contributed by atoms with Gasteiger partial charge in [-0.1, -0.05) is 40.2 Å². The van der Waals surface area contributed by atoms with Crippen molar-refractivity contribution in [3.63, 3.8) is 0 Å². The number of carboxylic acid groups (broad SMARTS) is 1. The molecule has 0 saturated carbocycles. The Morgan fingerprint density at radius 3 is 2.80 bits per heavy atom. The lowest BCUT2D eigenvalue weighted by molar-refractivity contribution is -0.140.